The molecule has 0 atom stereocenters. The Bertz CT molecular complexity index is 647. The fourth-order valence-corrected chi connectivity index (χ4v) is 1.64. The lowest BCUT2D eigenvalue weighted by molar-refractivity contribution is -0.105. The largest absolute Gasteiger partial charge is 0.328 e. The molecule has 0 aliphatic rings. The molecule has 2 N–H and O–H groups in total. The highest BCUT2D eigenvalue weighted by molar-refractivity contribution is 6.30. The van der Waals surface area contributed by atoms with Gasteiger partial charge in [-0.2, -0.15) is 0 Å². The lowest BCUT2D eigenvalue weighted by Gasteiger charge is -2.09. The second-order valence-corrected chi connectivity index (χ2v) is 4.20. The van der Waals surface area contributed by atoms with Crippen LogP contribution in [0.1, 0.15) is 10.4 Å². The van der Waals surface area contributed by atoms with Gasteiger partial charge in [0, 0.05) is 6.20 Å². The van der Waals surface area contributed by atoms with Gasteiger partial charge in [-0.05, 0) is 30.3 Å². The molecule has 1 aromatic carbocycles. The van der Waals surface area contributed by atoms with Crippen LogP contribution in [0.4, 0.5) is 15.9 Å². The summed E-state index contributed by atoms with van der Waals surface area (Å²) in [6, 6.07) is 6.53. The Labute approximate surface area is 118 Å². The fraction of sp³-hybridized carbons (Fsp3) is 0. The van der Waals surface area contributed by atoms with Crippen molar-refractivity contribution in [3.05, 3.63) is 52.9 Å². The molecule has 7 heteroatoms. The van der Waals surface area contributed by atoms with Crippen LogP contribution in [0.25, 0.3) is 0 Å². The van der Waals surface area contributed by atoms with Crippen LogP contribution in [0.2, 0.25) is 5.02 Å². The molecule has 1 heterocycles. The van der Waals surface area contributed by atoms with Gasteiger partial charge in [0.15, 0.2) is 0 Å². The van der Waals surface area contributed by atoms with E-state index < -0.39 is 11.7 Å². The van der Waals surface area contributed by atoms with E-state index in [1.54, 1.807) is 6.07 Å². The molecule has 0 bridgehead atoms. The lowest BCUT2D eigenvalue weighted by atomic mass is 10.1. The molecule has 0 aliphatic carbocycles. The number of rotatable bonds is 4. The van der Waals surface area contributed by atoms with Crippen molar-refractivity contribution < 1.29 is 14.0 Å². The summed E-state index contributed by atoms with van der Waals surface area (Å²) >= 11 is 5.68. The van der Waals surface area contributed by atoms with Gasteiger partial charge in [-0.1, -0.05) is 11.6 Å². The minimum Gasteiger partial charge on any atom is -0.328 e. The van der Waals surface area contributed by atoms with E-state index in [9.17, 15) is 14.0 Å². The molecule has 2 aromatic rings. The summed E-state index contributed by atoms with van der Waals surface area (Å²) in [5, 5.41) is 5.24. The summed E-state index contributed by atoms with van der Waals surface area (Å²) in [6.45, 7) is 0. The van der Waals surface area contributed by atoms with Crippen molar-refractivity contribution in [2.75, 3.05) is 10.6 Å². The third kappa shape index (κ3) is 3.30. The molecule has 0 fully saturated rings. The molecule has 0 saturated heterocycles. The molecular weight excluding hydrogens is 285 g/mol. The first kappa shape index (κ1) is 14.0. The number of nitrogens with zero attached hydrogens (tertiary/aromatic N) is 1. The molecular formula is C13H9ClFN3O2. The quantitative estimate of drug-likeness (QED) is 0.851. The zero-order valence-electron chi connectivity index (χ0n) is 10.1. The fourth-order valence-electron chi connectivity index (χ4n) is 1.53. The predicted octanol–water partition coefficient (Wildman–Crippen LogP) is 2.69. The maximum absolute atomic E-state index is 13.2. The molecule has 0 saturated carbocycles. The number of halogens is 2. The molecule has 2 amide bonds. The van der Waals surface area contributed by atoms with E-state index >= 15 is 0 Å². The van der Waals surface area contributed by atoms with Crippen molar-refractivity contribution in [1.29, 1.82) is 0 Å². The lowest BCUT2D eigenvalue weighted by Crippen LogP contribution is -2.15. The summed E-state index contributed by atoms with van der Waals surface area (Å²) in [5.74, 6) is -0.917. The molecule has 1 aromatic heterocycles. The average molecular weight is 294 g/mol. The first-order valence-corrected chi connectivity index (χ1v) is 5.90. The maximum Gasteiger partial charge on any atom is 0.259 e. The smallest absolute Gasteiger partial charge is 0.259 e. The van der Waals surface area contributed by atoms with Crippen molar-refractivity contribution in [2.24, 2.45) is 0 Å². The monoisotopic (exact) mass is 293 g/mol. The normalized spacial score (nSPS) is 9.90. The highest BCUT2D eigenvalue weighted by atomic mass is 35.5. The van der Waals surface area contributed by atoms with Crippen LogP contribution in [-0.2, 0) is 4.79 Å². The summed E-state index contributed by atoms with van der Waals surface area (Å²) < 4.78 is 13.2. The Hall–Kier alpha value is -2.47. The Morgan fingerprint density at radius 3 is 2.75 bits per heavy atom. The number of amides is 2. The number of aromatic nitrogens is 1. The third-order valence-corrected chi connectivity index (χ3v) is 2.63. The number of benzene rings is 1. The summed E-state index contributed by atoms with van der Waals surface area (Å²) in [6.07, 6.45) is 1.78. The second-order valence-electron chi connectivity index (χ2n) is 3.77. The summed E-state index contributed by atoms with van der Waals surface area (Å²) in [5.41, 5.74) is 0.196. The number of carbonyl (C=O) groups is 2. The Morgan fingerprint density at radius 1 is 1.30 bits per heavy atom. The molecule has 0 aliphatic heterocycles. The predicted molar refractivity (Wildman–Crippen MR) is 73.3 cm³/mol. The number of nitrogens with one attached hydrogen (secondary N) is 2. The standard InChI is InChI=1S/C13H9ClFN3O2/c14-8-1-4-12(16-6-8)18-13(20)10-5-9(15)2-3-11(10)17-7-19/h1-7H,(H,17,19)(H,16,18,20). The van der Waals surface area contributed by atoms with Crippen LogP contribution in [-0.4, -0.2) is 17.3 Å². The van der Waals surface area contributed by atoms with Gasteiger partial charge in [-0.25, -0.2) is 9.37 Å². The van der Waals surface area contributed by atoms with Gasteiger partial charge >= 0.3 is 0 Å². The van der Waals surface area contributed by atoms with E-state index in [-0.39, 0.29) is 17.1 Å². The van der Waals surface area contributed by atoms with Gasteiger partial charge in [0.05, 0.1) is 16.3 Å². The van der Waals surface area contributed by atoms with E-state index in [0.29, 0.717) is 11.4 Å². The third-order valence-electron chi connectivity index (χ3n) is 2.41. The van der Waals surface area contributed by atoms with Crippen LogP contribution in [0.3, 0.4) is 0 Å². The summed E-state index contributed by atoms with van der Waals surface area (Å²) in [4.78, 5) is 26.4. The molecule has 0 radical (unpaired) electrons. The Morgan fingerprint density at radius 2 is 2.10 bits per heavy atom. The molecule has 2 rings (SSSR count). The number of carbonyl (C=O) groups excluding carboxylic acids is 2. The minimum atomic E-state index is -0.594. The first-order valence-electron chi connectivity index (χ1n) is 5.53. The van der Waals surface area contributed by atoms with Gasteiger partial charge in [0.2, 0.25) is 6.41 Å². The number of anilines is 2. The van der Waals surface area contributed by atoms with Crippen LogP contribution in [0, 0.1) is 5.82 Å². The zero-order chi connectivity index (χ0) is 14.5. The molecule has 5 nitrogen and oxygen atoms in total. The van der Waals surface area contributed by atoms with E-state index in [2.05, 4.69) is 15.6 Å². The zero-order valence-corrected chi connectivity index (χ0v) is 10.8. The van der Waals surface area contributed by atoms with Crippen LogP contribution in [0.15, 0.2) is 36.5 Å². The van der Waals surface area contributed by atoms with E-state index in [4.69, 9.17) is 11.6 Å². The van der Waals surface area contributed by atoms with Crippen LogP contribution < -0.4 is 10.6 Å². The van der Waals surface area contributed by atoms with Gasteiger partial charge in [0.1, 0.15) is 11.6 Å². The number of hydrogen-bond donors (Lipinski definition) is 2. The van der Waals surface area contributed by atoms with Gasteiger partial charge in [-0.15, -0.1) is 0 Å². The highest BCUT2D eigenvalue weighted by Gasteiger charge is 2.13. The van der Waals surface area contributed by atoms with Crippen LogP contribution >= 0.6 is 11.6 Å². The van der Waals surface area contributed by atoms with Crippen molar-refractivity contribution in [1.82, 2.24) is 4.98 Å². The summed E-state index contributed by atoms with van der Waals surface area (Å²) in [7, 11) is 0. The van der Waals surface area contributed by atoms with E-state index in [1.165, 1.54) is 18.3 Å². The number of pyridine rings is 1. The van der Waals surface area contributed by atoms with Gasteiger partial charge < -0.3 is 10.6 Å². The van der Waals surface area contributed by atoms with Crippen LogP contribution in [0.5, 0.6) is 0 Å². The Kier molecular flexibility index (Phi) is 4.27. The van der Waals surface area contributed by atoms with Crippen molar-refractivity contribution in [3.63, 3.8) is 0 Å². The molecule has 0 unspecified atom stereocenters. The van der Waals surface area contributed by atoms with Crippen molar-refractivity contribution >= 4 is 35.4 Å². The van der Waals surface area contributed by atoms with Crippen molar-refractivity contribution in [2.45, 2.75) is 0 Å². The van der Waals surface area contributed by atoms with E-state index in [1.807, 2.05) is 0 Å². The molecule has 102 valence electrons. The van der Waals surface area contributed by atoms with Gasteiger partial charge in [-0.3, -0.25) is 9.59 Å². The highest BCUT2D eigenvalue weighted by Crippen LogP contribution is 2.18. The molecule has 0 spiro atoms. The number of hydrogen-bond acceptors (Lipinski definition) is 3. The van der Waals surface area contributed by atoms with Gasteiger partial charge in [0.25, 0.3) is 5.91 Å². The SMILES string of the molecule is O=CNc1ccc(F)cc1C(=O)Nc1ccc(Cl)cn1. The van der Waals surface area contributed by atoms with Crippen molar-refractivity contribution in [3.8, 4) is 0 Å². The topological polar surface area (TPSA) is 71.1 Å². The van der Waals surface area contributed by atoms with E-state index in [0.717, 1.165) is 12.1 Å². The average Bonchev–Trinajstić information content (AvgIpc) is 2.43. The first-order chi connectivity index (χ1) is 9.60. The molecule has 20 heavy (non-hydrogen) atoms. The second kappa shape index (κ2) is 6.12. The Balaban J connectivity index is 2.26. The minimum absolute atomic E-state index is 0.00569. The maximum atomic E-state index is 13.2.